The molecule has 0 atom stereocenters. The lowest BCUT2D eigenvalue weighted by atomic mass is 10.1. The van der Waals surface area contributed by atoms with E-state index in [1.165, 1.54) is 40.6 Å². The van der Waals surface area contributed by atoms with E-state index in [1.54, 1.807) is 12.1 Å². The molecule has 0 unspecified atom stereocenters. The largest absolute Gasteiger partial charge is 0.353 e. The highest BCUT2D eigenvalue weighted by atomic mass is 32.1. The molecule has 0 radical (unpaired) electrons. The maximum atomic E-state index is 13.1. The second-order valence-corrected chi connectivity index (χ2v) is 8.55. The zero-order valence-electron chi connectivity index (χ0n) is 15.6. The topological polar surface area (TPSA) is 45.2 Å². The van der Waals surface area contributed by atoms with Crippen molar-refractivity contribution >= 4 is 17.2 Å². The number of nitrogens with zero attached hydrogens (tertiary/aromatic N) is 5. The summed E-state index contributed by atoms with van der Waals surface area (Å²) in [7, 11) is 0. The van der Waals surface area contributed by atoms with E-state index in [4.69, 9.17) is 4.98 Å². The van der Waals surface area contributed by atoms with Gasteiger partial charge in [0.05, 0.1) is 17.9 Å². The molecule has 2 aromatic heterocycles. The molecular weight excluding hydrogens is 373 g/mol. The van der Waals surface area contributed by atoms with Crippen molar-refractivity contribution in [1.29, 1.82) is 0 Å². The zero-order valence-corrected chi connectivity index (χ0v) is 16.5. The van der Waals surface area contributed by atoms with Gasteiger partial charge in [-0.25, -0.2) is 9.37 Å². The van der Waals surface area contributed by atoms with Crippen LogP contribution in [-0.4, -0.2) is 46.3 Å². The van der Waals surface area contributed by atoms with Gasteiger partial charge in [0, 0.05) is 36.6 Å². The minimum absolute atomic E-state index is 0.242. The molecule has 0 bridgehead atoms. The monoisotopic (exact) mass is 395 g/mol. The Morgan fingerprint density at radius 1 is 0.929 bits per heavy atom. The van der Waals surface area contributed by atoms with Crippen LogP contribution >= 0.6 is 11.3 Å². The van der Waals surface area contributed by atoms with Crippen LogP contribution < -0.4 is 4.90 Å². The average molecular weight is 396 g/mol. The lowest BCUT2D eigenvalue weighted by Crippen LogP contribution is -2.46. The van der Waals surface area contributed by atoms with Gasteiger partial charge in [-0.05, 0) is 55.7 Å². The Hall–Kier alpha value is -2.38. The highest BCUT2D eigenvalue weighted by Crippen LogP contribution is 2.28. The fourth-order valence-electron chi connectivity index (χ4n) is 3.91. The van der Waals surface area contributed by atoms with Gasteiger partial charge < -0.3 is 4.90 Å². The highest BCUT2D eigenvalue weighted by Gasteiger charge is 2.22. The second kappa shape index (κ2) is 7.56. The van der Waals surface area contributed by atoms with E-state index >= 15 is 0 Å². The van der Waals surface area contributed by atoms with Gasteiger partial charge in [-0.15, -0.1) is 21.5 Å². The van der Waals surface area contributed by atoms with Crippen molar-refractivity contribution in [2.45, 2.75) is 25.8 Å². The summed E-state index contributed by atoms with van der Waals surface area (Å²) in [5, 5.41) is 10.00. The fourth-order valence-corrected chi connectivity index (χ4v) is 5.11. The van der Waals surface area contributed by atoms with Gasteiger partial charge in [-0.1, -0.05) is 0 Å². The highest BCUT2D eigenvalue weighted by molar-refractivity contribution is 7.11. The number of aromatic nitrogens is 3. The Labute approximate surface area is 167 Å². The third kappa shape index (κ3) is 3.64. The zero-order chi connectivity index (χ0) is 18.9. The SMILES string of the molecule is Fc1ccc(-c2ccc(N3CCN(Cc4nc5c(s4)CCC5)CC3)nn2)cc1. The van der Waals surface area contributed by atoms with E-state index in [0.29, 0.717) is 0 Å². The third-order valence-corrected chi connectivity index (χ3v) is 6.63. The first-order valence-electron chi connectivity index (χ1n) is 9.79. The van der Waals surface area contributed by atoms with Crippen molar-refractivity contribution in [3.63, 3.8) is 0 Å². The van der Waals surface area contributed by atoms with Gasteiger partial charge in [0.2, 0.25) is 0 Å². The van der Waals surface area contributed by atoms with Gasteiger partial charge in [-0.2, -0.15) is 0 Å². The number of fused-ring (bicyclic) bond motifs is 1. The van der Waals surface area contributed by atoms with E-state index in [2.05, 4.69) is 20.0 Å². The molecule has 1 fully saturated rings. The predicted octanol–water partition coefficient (Wildman–Crippen LogP) is 3.55. The van der Waals surface area contributed by atoms with E-state index in [-0.39, 0.29) is 5.82 Å². The van der Waals surface area contributed by atoms with Crippen LogP contribution in [0.3, 0.4) is 0 Å². The number of rotatable bonds is 4. The van der Waals surface area contributed by atoms with Crippen molar-refractivity contribution in [2.24, 2.45) is 0 Å². The van der Waals surface area contributed by atoms with Crippen molar-refractivity contribution in [2.75, 3.05) is 31.1 Å². The molecule has 0 saturated carbocycles. The quantitative estimate of drug-likeness (QED) is 0.676. The summed E-state index contributed by atoms with van der Waals surface area (Å²) < 4.78 is 13.1. The minimum Gasteiger partial charge on any atom is -0.353 e. The molecule has 28 heavy (non-hydrogen) atoms. The predicted molar refractivity (Wildman–Crippen MR) is 109 cm³/mol. The lowest BCUT2D eigenvalue weighted by Gasteiger charge is -2.34. The molecular formula is C21H22FN5S. The molecule has 144 valence electrons. The smallest absolute Gasteiger partial charge is 0.151 e. The number of thiazole rings is 1. The van der Waals surface area contributed by atoms with Crippen molar-refractivity contribution in [3.8, 4) is 11.3 Å². The number of aryl methyl sites for hydroxylation is 2. The van der Waals surface area contributed by atoms with Gasteiger partial charge in [-0.3, -0.25) is 4.90 Å². The van der Waals surface area contributed by atoms with Crippen LogP contribution in [0.25, 0.3) is 11.3 Å². The van der Waals surface area contributed by atoms with E-state index < -0.39 is 0 Å². The van der Waals surface area contributed by atoms with E-state index in [9.17, 15) is 4.39 Å². The standard InChI is InChI=1S/C21H22FN5S/c22-16-6-4-15(5-7-16)17-8-9-20(25-24-17)27-12-10-26(11-13-27)14-21-23-18-2-1-3-19(18)28-21/h4-9H,1-3,10-14H2. The summed E-state index contributed by atoms with van der Waals surface area (Å²) in [4.78, 5) is 11.1. The van der Waals surface area contributed by atoms with Gasteiger partial charge in [0.15, 0.2) is 5.82 Å². The van der Waals surface area contributed by atoms with Crippen LogP contribution in [0.5, 0.6) is 0 Å². The number of benzene rings is 1. The van der Waals surface area contributed by atoms with Gasteiger partial charge >= 0.3 is 0 Å². The van der Waals surface area contributed by atoms with Crippen LogP contribution in [0.2, 0.25) is 0 Å². The molecule has 0 spiro atoms. The lowest BCUT2D eigenvalue weighted by molar-refractivity contribution is 0.248. The maximum Gasteiger partial charge on any atom is 0.151 e. The van der Waals surface area contributed by atoms with Crippen LogP contribution in [-0.2, 0) is 19.4 Å². The summed E-state index contributed by atoms with van der Waals surface area (Å²) in [5.74, 6) is 0.660. The fraction of sp³-hybridized carbons (Fsp3) is 0.381. The second-order valence-electron chi connectivity index (χ2n) is 7.38. The molecule has 5 nitrogen and oxygen atoms in total. The van der Waals surface area contributed by atoms with E-state index in [1.807, 2.05) is 23.5 Å². The summed E-state index contributed by atoms with van der Waals surface area (Å²) in [5.41, 5.74) is 2.98. The van der Waals surface area contributed by atoms with Gasteiger partial charge in [0.1, 0.15) is 10.8 Å². The average Bonchev–Trinajstić information content (AvgIpc) is 3.31. The summed E-state index contributed by atoms with van der Waals surface area (Å²) in [6.45, 7) is 4.85. The molecule has 1 aromatic carbocycles. The third-order valence-electron chi connectivity index (χ3n) is 5.49. The van der Waals surface area contributed by atoms with Crippen molar-refractivity contribution in [3.05, 3.63) is 57.8 Å². The molecule has 2 aliphatic rings. The molecule has 3 heterocycles. The number of hydrogen-bond acceptors (Lipinski definition) is 6. The Kier molecular flexibility index (Phi) is 4.78. The minimum atomic E-state index is -0.242. The number of anilines is 1. The van der Waals surface area contributed by atoms with Crippen molar-refractivity contribution < 1.29 is 4.39 Å². The molecule has 1 aliphatic carbocycles. The summed E-state index contributed by atoms with van der Waals surface area (Å²) in [6.07, 6.45) is 3.65. The van der Waals surface area contributed by atoms with Crippen LogP contribution in [0, 0.1) is 5.82 Å². The first kappa shape index (κ1) is 17.7. The number of piperazine rings is 1. The molecule has 0 amide bonds. The maximum absolute atomic E-state index is 13.1. The first-order valence-corrected chi connectivity index (χ1v) is 10.6. The molecule has 1 aliphatic heterocycles. The number of halogens is 1. The molecule has 0 N–H and O–H groups in total. The molecule has 7 heteroatoms. The molecule has 1 saturated heterocycles. The molecule has 3 aromatic rings. The normalized spacial score (nSPS) is 17.1. The van der Waals surface area contributed by atoms with Gasteiger partial charge in [0.25, 0.3) is 0 Å². The van der Waals surface area contributed by atoms with Crippen LogP contribution in [0.15, 0.2) is 36.4 Å². The van der Waals surface area contributed by atoms with Crippen molar-refractivity contribution in [1.82, 2.24) is 20.1 Å². The Balaban J connectivity index is 1.18. The van der Waals surface area contributed by atoms with E-state index in [0.717, 1.165) is 56.2 Å². The van der Waals surface area contributed by atoms with Crippen LogP contribution in [0.1, 0.15) is 22.0 Å². The number of hydrogen-bond donors (Lipinski definition) is 0. The Morgan fingerprint density at radius 3 is 2.46 bits per heavy atom. The van der Waals surface area contributed by atoms with Crippen LogP contribution in [0.4, 0.5) is 10.2 Å². The summed E-state index contributed by atoms with van der Waals surface area (Å²) >= 11 is 1.90. The Bertz CT molecular complexity index is 924. The Morgan fingerprint density at radius 2 is 1.75 bits per heavy atom. The molecule has 5 rings (SSSR count). The summed E-state index contributed by atoms with van der Waals surface area (Å²) in [6, 6.07) is 10.3. The first-order chi connectivity index (χ1) is 13.7.